The molecule has 9 rings (SSSR count). The van der Waals surface area contributed by atoms with Crippen LogP contribution in [0.1, 0.15) is 45.8 Å². The van der Waals surface area contributed by atoms with Crippen LogP contribution in [0.2, 0.25) is 15.1 Å². The maximum absolute atomic E-state index is 15.5. The molecule has 1 saturated carbocycles. The number of phenols is 1. The van der Waals surface area contributed by atoms with E-state index in [1.54, 1.807) is 91.0 Å². The summed E-state index contributed by atoms with van der Waals surface area (Å²) < 4.78 is 5.46. The SMILES string of the molecule is COc1ccc([C@@]23C(=O)N(Nc4ccc(Cl)cc4Cl)C(=O)[C@@H]2C[C@@H]2C(=CC[C@@H]4C(=O)N(c5ccc(C(=O)c6ccccc6)cc5)C(=O)[C@@H]42)[C@@H]3c2cc(Cl)ccc2O)cc1. The highest BCUT2D eigenvalue weighted by molar-refractivity contribution is 6.36. The summed E-state index contributed by atoms with van der Waals surface area (Å²) in [6.45, 7) is 0. The van der Waals surface area contributed by atoms with Crippen LogP contribution in [0.5, 0.6) is 11.5 Å². The molecular formula is C46H34Cl3N3O7. The fourth-order valence-corrected chi connectivity index (χ4v) is 10.3. The predicted molar refractivity (Wildman–Crippen MR) is 223 cm³/mol. The lowest BCUT2D eigenvalue weighted by atomic mass is 9.49. The number of phenolic OH excluding ortho intramolecular Hbond substituents is 1. The molecule has 13 heteroatoms. The Morgan fingerprint density at radius 1 is 0.780 bits per heavy atom. The molecule has 4 amide bonds. The van der Waals surface area contributed by atoms with Gasteiger partial charge in [-0.15, -0.1) is 0 Å². The van der Waals surface area contributed by atoms with Gasteiger partial charge in [0.25, 0.3) is 11.8 Å². The van der Waals surface area contributed by atoms with Gasteiger partial charge in [-0.1, -0.05) is 88.9 Å². The number of hydrazine groups is 1. The first kappa shape index (κ1) is 38.6. The Kier molecular flexibility index (Phi) is 9.62. The van der Waals surface area contributed by atoms with Crippen molar-refractivity contribution in [1.82, 2.24) is 5.01 Å². The molecule has 4 aliphatic rings. The van der Waals surface area contributed by atoms with Crippen LogP contribution in [0.3, 0.4) is 0 Å². The maximum atomic E-state index is 15.5. The standard InChI is InChI=1S/C46H34Cl3N3O7/c1-59-30-15-9-26(10-16-30)46-35(43(56)52(45(46)58)50-37-19-11-28(48)22-36(37)49)23-33-31(40(46)34-21-27(47)12-20-38(34)53)17-18-32-39(33)44(57)51(42(32)55)29-13-7-25(8-14-29)41(54)24-5-3-2-4-6-24/h2-17,19-22,32-33,35,39-40,50,53H,18,23H2,1H3/t32-,33+,35-,39-,40+,46+/m0/s1. The van der Waals surface area contributed by atoms with Crippen molar-refractivity contribution in [3.8, 4) is 11.5 Å². The Morgan fingerprint density at radius 3 is 2.15 bits per heavy atom. The van der Waals surface area contributed by atoms with E-state index in [1.807, 2.05) is 12.1 Å². The molecule has 296 valence electrons. The van der Waals surface area contributed by atoms with Gasteiger partial charge in [-0.3, -0.25) is 34.3 Å². The number of nitrogens with zero attached hydrogens (tertiary/aromatic N) is 2. The summed E-state index contributed by atoms with van der Waals surface area (Å²) in [4.78, 5) is 73.8. The number of aromatic hydroxyl groups is 1. The minimum atomic E-state index is -1.68. The van der Waals surface area contributed by atoms with Gasteiger partial charge in [0.2, 0.25) is 11.8 Å². The molecule has 0 aromatic heterocycles. The van der Waals surface area contributed by atoms with Crippen molar-refractivity contribution in [2.75, 3.05) is 17.4 Å². The molecule has 10 nitrogen and oxygen atoms in total. The summed E-state index contributed by atoms with van der Waals surface area (Å²) >= 11 is 19.4. The van der Waals surface area contributed by atoms with E-state index in [4.69, 9.17) is 39.5 Å². The summed E-state index contributed by atoms with van der Waals surface area (Å²) in [6, 6.07) is 31.2. The third-order valence-electron chi connectivity index (χ3n) is 12.3. The number of methoxy groups -OCH3 is 1. The molecule has 0 unspecified atom stereocenters. The van der Waals surface area contributed by atoms with Gasteiger partial charge in [0.15, 0.2) is 5.78 Å². The van der Waals surface area contributed by atoms with E-state index in [0.717, 1.165) is 9.91 Å². The third kappa shape index (κ3) is 6.03. The highest BCUT2D eigenvalue weighted by atomic mass is 35.5. The molecular weight excluding hydrogens is 813 g/mol. The second kappa shape index (κ2) is 14.7. The van der Waals surface area contributed by atoms with Crippen molar-refractivity contribution in [2.24, 2.45) is 23.7 Å². The Balaban J connectivity index is 1.17. The number of carbonyl (C=O) groups is 5. The molecule has 0 spiro atoms. The number of nitrogens with one attached hydrogen (secondary N) is 1. The molecule has 5 aromatic rings. The highest BCUT2D eigenvalue weighted by Crippen LogP contribution is 2.65. The monoisotopic (exact) mass is 845 g/mol. The Morgan fingerprint density at radius 2 is 1.46 bits per heavy atom. The number of imide groups is 2. The van der Waals surface area contributed by atoms with Gasteiger partial charge >= 0.3 is 0 Å². The zero-order chi connectivity index (χ0) is 41.3. The Hall–Kier alpha value is -5.94. The number of ether oxygens (including phenoxy) is 1. The molecule has 6 atom stereocenters. The summed E-state index contributed by atoms with van der Waals surface area (Å²) in [7, 11) is 1.52. The molecule has 2 heterocycles. The fourth-order valence-electron chi connectivity index (χ4n) is 9.72. The number of amides is 4. The average Bonchev–Trinajstić information content (AvgIpc) is 3.63. The number of rotatable bonds is 8. The van der Waals surface area contributed by atoms with E-state index in [1.165, 1.54) is 25.3 Å². The molecule has 2 N–H and O–H groups in total. The van der Waals surface area contributed by atoms with Crippen LogP contribution in [-0.2, 0) is 24.6 Å². The number of halogens is 3. The smallest absolute Gasteiger partial charge is 0.260 e. The number of hydrogen-bond acceptors (Lipinski definition) is 8. The lowest BCUT2D eigenvalue weighted by Gasteiger charge is -2.50. The summed E-state index contributed by atoms with van der Waals surface area (Å²) in [6.07, 6.45) is 2.07. The van der Waals surface area contributed by atoms with Gasteiger partial charge in [0.05, 0.1) is 46.7 Å². The van der Waals surface area contributed by atoms with E-state index in [0.29, 0.717) is 38.7 Å². The topological polar surface area (TPSA) is 133 Å². The second-order valence-electron chi connectivity index (χ2n) is 15.2. The first-order valence-electron chi connectivity index (χ1n) is 18.9. The quantitative estimate of drug-likeness (QED) is 0.0900. The van der Waals surface area contributed by atoms with Gasteiger partial charge in [0.1, 0.15) is 11.5 Å². The van der Waals surface area contributed by atoms with E-state index in [-0.39, 0.29) is 45.7 Å². The summed E-state index contributed by atoms with van der Waals surface area (Å²) in [5.74, 6) is -6.41. The Bertz CT molecular complexity index is 2620. The minimum absolute atomic E-state index is 0.0192. The van der Waals surface area contributed by atoms with E-state index < -0.39 is 58.6 Å². The van der Waals surface area contributed by atoms with Gasteiger partial charge < -0.3 is 9.84 Å². The van der Waals surface area contributed by atoms with Crippen molar-refractivity contribution in [3.63, 3.8) is 0 Å². The number of hydrogen-bond donors (Lipinski definition) is 2. The van der Waals surface area contributed by atoms with E-state index in [2.05, 4.69) is 5.43 Å². The molecule has 0 radical (unpaired) electrons. The number of anilines is 2. The van der Waals surface area contributed by atoms with E-state index >= 15 is 9.59 Å². The minimum Gasteiger partial charge on any atom is -0.508 e. The Labute approximate surface area is 353 Å². The average molecular weight is 847 g/mol. The molecule has 2 aliphatic heterocycles. The number of carbonyl (C=O) groups excluding carboxylic acids is 5. The molecule has 2 aliphatic carbocycles. The first-order valence-corrected chi connectivity index (χ1v) is 20.1. The molecule has 2 saturated heterocycles. The van der Waals surface area contributed by atoms with Crippen LogP contribution < -0.4 is 15.1 Å². The number of ketones is 1. The normalized spacial score (nSPS) is 24.7. The fraction of sp³-hybridized carbons (Fsp3) is 0.196. The van der Waals surface area contributed by atoms with E-state index in [9.17, 15) is 19.5 Å². The maximum Gasteiger partial charge on any atom is 0.260 e. The highest BCUT2D eigenvalue weighted by Gasteiger charge is 2.70. The van der Waals surface area contributed by atoms with Gasteiger partial charge in [-0.2, -0.15) is 5.01 Å². The number of allylic oxidation sites excluding steroid dienone is 2. The van der Waals surface area contributed by atoms with Crippen molar-refractivity contribution < 1.29 is 33.8 Å². The molecule has 3 fully saturated rings. The van der Waals surface area contributed by atoms with Gasteiger partial charge in [-0.05, 0) is 97.1 Å². The number of fused-ring (bicyclic) bond motifs is 4. The van der Waals surface area contributed by atoms with Crippen LogP contribution in [-0.4, -0.2) is 46.6 Å². The van der Waals surface area contributed by atoms with Crippen LogP contribution in [0.4, 0.5) is 11.4 Å². The van der Waals surface area contributed by atoms with Gasteiger partial charge in [-0.25, -0.2) is 0 Å². The molecule has 0 bridgehead atoms. The largest absolute Gasteiger partial charge is 0.508 e. The summed E-state index contributed by atoms with van der Waals surface area (Å²) in [5.41, 5.74) is 4.14. The number of benzene rings is 5. The van der Waals surface area contributed by atoms with Crippen molar-refractivity contribution in [1.29, 1.82) is 0 Å². The summed E-state index contributed by atoms with van der Waals surface area (Å²) in [5, 5.41) is 13.4. The first-order chi connectivity index (χ1) is 28.4. The van der Waals surface area contributed by atoms with Crippen molar-refractivity contribution in [2.45, 2.75) is 24.2 Å². The third-order valence-corrected chi connectivity index (χ3v) is 13.1. The lowest BCUT2D eigenvalue weighted by molar-refractivity contribution is -0.138. The van der Waals surface area contributed by atoms with Crippen LogP contribution in [0.15, 0.2) is 127 Å². The van der Waals surface area contributed by atoms with Crippen LogP contribution in [0.25, 0.3) is 0 Å². The zero-order valence-corrected chi connectivity index (χ0v) is 33.5. The zero-order valence-electron chi connectivity index (χ0n) is 31.3. The van der Waals surface area contributed by atoms with Gasteiger partial charge in [0, 0.05) is 32.7 Å². The molecule has 5 aromatic carbocycles. The second-order valence-corrected chi connectivity index (χ2v) is 16.4. The lowest BCUT2D eigenvalue weighted by Crippen LogP contribution is -2.53. The predicted octanol–water partition coefficient (Wildman–Crippen LogP) is 8.78. The molecule has 59 heavy (non-hydrogen) atoms. The van der Waals surface area contributed by atoms with Crippen molar-refractivity contribution >= 4 is 75.6 Å². The van der Waals surface area contributed by atoms with Crippen LogP contribution >= 0.6 is 34.8 Å². The van der Waals surface area contributed by atoms with Crippen LogP contribution in [0, 0.1) is 23.7 Å². The van der Waals surface area contributed by atoms with Crippen molar-refractivity contribution in [3.05, 3.63) is 164 Å².